The summed E-state index contributed by atoms with van der Waals surface area (Å²) in [6, 6.07) is 7.70. The third-order valence-electron chi connectivity index (χ3n) is 3.21. The molecule has 0 aliphatic heterocycles. The Morgan fingerprint density at radius 2 is 2.21 bits per heavy atom. The SMILES string of the molecule is Cc1ccc(C(C)(O)CNC(C)c2cccnc2)o1. The summed E-state index contributed by atoms with van der Waals surface area (Å²) in [6.45, 7) is 6.07. The minimum Gasteiger partial charge on any atom is -0.463 e. The minimum atomic E-state index is -1.02. The maximum absolute atomic E-state index is 10.4. The minimum absolute atomic E-state index is 0.122. The molecule has 0 aliphatic carbocycles. The van der Waals surface area contributed by atoms with E-state index in [0.717, 1.165) is 11.3 Å². The molecule has 2 aromatic heterocycles. The molecule has 2 atom stereocenters. The molecular formula is C15H20N2O2. The Labute approximate surface area is 113 Å². The number of furan rings is 1. The third kappa shape index (κ3) is 3.43. The lowest BCUT2D eigenvalue weighted by Gasteiger charge is -2.24. The molecule has 0 aromatic carbocycles. The highest BCUT2D eigenvalue weighted by molar-refractivity contribution is 5.15. The first-order valence-electron chi connectivity index (χ1n) is 6.41. The molecule has 0 radical (unpaired) electrons. The van der Waals surface area contributed by atoms with Crippen molar-refractivity contribution in [1.29, 1.82) is 0 Å². The second kappa shape index (κ2) is 5.55. The van der Waals surface area contributed by atoms with E-state index in [0.29, 0.717) is 12.3 Å². The topological polar surface area (TPSA) is 58.3 Å². The summed E-state index contributed by atoms with van der Waals surface area (Å²) < 4.78 is 5.48. The predicted molar refractivity (Wildman–Crippen MR) is 73.7 cm³/mol. The molecule has 2 aromatic rings. The van der Waals surface area contributed by atoms with Crippen molar-refractivity contribution in [3.63, 3.8) is 0 Å². The van der Waals surface area contributed by atoms with Crippen molar-refractivity contribution in [2.24, 2.45) is 0 Å². The van der Waals surface area contributed by atoms with Crippen molar-refractivity contribution in [2.75, 3.05) is 6.54 Å². The monoisotopic (exact) mass is 260 g/mol. The molecule has 2 N–H and O–H groups in total. The number of nitrogens with one attached hydrogen (secondary N) is 1. The average molecular weight is 260 g/mol. The van der Waals surface area contributed by atoms with E-state index in [-0.39, 0.29) is 6.04 Å². The van der Waals surface area contributed by atoms with Gasteiger partial charge in [0.05, 0.1) is 0 Å². The van der Waals surface area contributed by atoms with Crippen LogP contribution in [0.15, 0.2) is 41.1 Å². The van der Waals surface area contributed by atoms with Crippen LogP contribution < -0.4 is 5.32 Å². The smallest absolute Gasteiger partial charge is 0.136 e. The molecule has 0 fully saturated rings. The maximum Gasteiger partial charge on any atom is 0.136 e. The highest BCUT2D eigenvalue weighted by atomic mass is 16.4. The largest absolute Gasteiger partial charge is 0.463 e. The molecule has 0 saturated carbocycles. The summed E-state index contributed by atoms with van der Waals surface area (Å²) in [7, 11) is 0. The van der Waals surface area contributed by atoms with Gasteiger partial charge in [0, 0.05) is 25.0 Å². The summed E-state index contributed by atoms with van der Waals surface area (Å²) in [6.07, 6.45) is 3.57. The van der Waals surface area contributed by atoms with Gasteiger partial charge < -0.3 is 14.8 Å². The zero-order chi connectivity index (χ0) is 13.9. The number of hydrogen-bond acceptors (Lipinski definition) is 4. The highest BCUT2D eigenvalue weighted by Crippen LogP contribution is 2.23. The number of aromatic nitrogens is 1. The van der Waals surface area contributed by atoms with Crippen LogP contribution in [0.1, 0.15) is 37.0 Å². The van der Waals surface area contributed by atoms with Gasteiger partial charge in [0.15, 0.2) is 0 Å². The quantitative estimate of drug-likeness (QED) is 0.867. The summed E-state index contributed by atoms with van der Waals surface area (Å²) in [5.74, 6) is 1.38. The van der Waals surface area contributed by atoms with E-state index in [2.05, 4.69) is 10.3 Å². The lowest BCUT2D eigenvalue weighted by molar-refractivity contribution is 0.0313. The van der Waals surface area contributed by atoms with Gasteiger partial charge in [-0.15, -0.1) is 0 Å². The van der Waals surface area contributed by atoms with Crippen molar-refractivity contribution >= 4 is 0 Å². The van der Waals surface area contributed by atoms with Gasteiger partial charge in [-0.3, -0.25) is 4.98 Å². The number of aryl methyl sites for hydroxylation is 1. The predicted octanol–water partition coefficient (Wildman–Crippen LogP) is 2.54. The number of nitrogens with zero attached hydrogens (tertiary/aromatic N) is 1. The van der Waals surface area contributed by atoms with Gasteiger partial charge in [0.25, 0.3) is 0 Å². The molecule has 2 heterocycles. The normalized spacial score (nSPS) is 16.0. The van der Waals surface area contributed by atoms with Crippen LogP contribution in [0.5, 0.6) is 0 Å². The fraction of sp³-hybridized carbons (Fsp3) is 0.400. The molecule has 2 rings (SSSR count). The van der Waals surface area contributed by atoms with E-state index in [1.807, 2.05) is 44.3 Å². The van der Waals surface area contributed by atoms with Crippen LogP contribution in [-0.4, -0.2) is 16.6 Å². The Hall–Kier alpha value is -1.65. The Kier molecular flexibility index (Phi) is 4.02. The van der Waals surface area contributed by atoms with Crippen molar-refractivity contribution in [3.8, 4) is 0 Å². The molecule has 102 valence electrons. The van der Waals surface area contributed by atoms with E-state index < -0.39 is 5.60 Å². The van der Waals surface area contributed by atoms with E-state index in [1.54, 1.807) is 13.1 Å². The van der Waals surface area contributed by atoms with Crippen molar-refractivity contribution in [1.82, 2.24) is 10.3 Å². The second-order valence-corrected chi connectivity index (χ2v) is 5.07. The second-order valence-electron chi connectivity index (χ2n) is 5.07. The average Bonchev–Trinajstić information content (AvgIpc) is 2.85. The van der Waals surface area contributed by atoms with Gasteiger partial charge in [-0.25, -0.2) is 0 Å². The molecule has 0 spiro atoms. The van der Waals surface area contributed by atoms with Crippen LogP contribution in [0, 0.1) is 6.92 Å². The van der Waals surface area contributed by atoms with Crippen LogP contribution in [0.3, 0.4) is 0 Å². The zero-order valence-electron chi connectivity index (χ0n) is 11.6. The third-order valence-corrected chi connectivity index (χ3v) is 3.21. The molecule has 4 heteroatoms. The molecule has 0 bridgehead atoms. The molecule has 2 unspecified atom stereocenters. The van der Waals surface area contributed by atoms with Crippen LogP contribution in [0.4, 0.5) is 0 Å². The number of pyridine rings is 1. The summed E-state index contributed by atoms with van der Waals surface area (Å²) in [5.41, 5.74) is 0.0685. The Balaban J connectivity index is 1.98. The Morgan fingerprint density at radius 3 is 2.79 bits per heavy atom. The first kappa shape index (κ1) is 13.8. The van der Waals surface area contributed by atoms with E-state index in [9.17, 15) is 5.11 Å². The first-order chi connectivity index (χ1) is 8.99. The van der Waals surface area contributed by atoms with Gasteiger partial charge >= 0.3 is 0 Å². The zero-order valence-corrected chi connectivity index (χ0v) is 11.6. The van der Waals surface area contributed by atoms with Gasteiger partial charge in [0.2, 0.25) is 0 Å². The van der Waals surface area contributed by atoms with Crippen LogP contribution in [0.25, 0.3) is 0 Å². The van der Waals surface area contributed by atoms with Gasteiger partial charge in [-0.2, -0.15) is 0 Å². The summed E-state index contributed by atoms with van der Waals surface area (Å²) in [4.78, 5) is 4.09. The fourth-order valence-corrected chi connectivity index (χ4v) is 1.91. The molecule has 0 saturated heterocycles. The lowest BCUT2D eigenvalue weighted by Crippen LogP contribution is -2.36. The van der Waals surface area contributed by atoms with Crippen molar-refractivity contribution in [2.45, 2.75) is 32.4 Å². The van der Waals surface area contributed by atoms with Crippen LogP contribution >= 0.6 is 0 Å². The number of hydrogen-bond donors (Lipinski definition) is 2. The number of aliphatic hydroxyl groups is 1. The summed E-state index contributed by atoms with van der Waals surface area (Å²) in [5, 5.41) is 13.7. The van der Waals surface area contributed by atoms with Gasteiger partial charge in [-0.1, -0.05) is 6.07 Å². The molecule has 0 aliphatic rings. The molecule has 19 heavy (non-hydrogen) atoms. The van der Waals surface area contributed by atoms with Crippen molar-refractivity contribution in [3.05, 3.63) is 53.7 Å². The standard InChI is InChI=1S/C15H20N2O2/c1-11-6-7-14(19-11)15(3,18)10-17-12(2)13-5-4-8-16-9-13/h4-9,12,17-18H,10H2,1-3H3. The number of rotatable bonds is 5. The highest BCUT2D eigenvalue weighted by Gasteiger charge is 2.27. The van der Waals surface area contributed by atoms with E-state index >= 15 is 0 Å². The Bertz CT molecular complexity index is 520. The maximum atomic E-state index is 10.4. The molecular weight excluding hydrogens is 240 g/mol. The van der Waals surface area contributed by atoms with Gasteiger partial charge in [-0.05, 0) is 44.5 Å². The van der Waals surface area contributed by atoms with Crippen molar-refractivity contribution < 1.29 is 9.52 Å². The van der Waals surface area contributed by atoms with E-state index in [1.165, 1.54) is 0 Å². The molecule has 4 nitrogen and oxygen atoms in total. The van der Waals surface area contributed by atoms with Crippen LogP contribution in [0.2, 0.25) is 0 Å². The first-order valence-corrected chi connectivity index (χ1v) is 6.41. The fourth-order valence-electron chi connectivity index (χ4n) is 1.91. The van der Waals surface area contributed by atoms with E-state index in [4.69, 9.17) is 4.42 Å². The lowest BCUT2D eigenvalue weighted by atomic mass is 10.0. The summed E-state index contributed by atoms with van der Waals surface area (Å²) >= 11 is 0. The van der Waals surface area contributed by atoms with Gasteiger partial charge in [0.1, 0.15) is 17.1 Å². The van der Waals surface area contributed by atoms with Crippen LogP contribution in [-0.2, 0) is 5.60 Å². The molecule has 0 amide bonds. The Morgan fingerprint density at radius 1 is 1.42 bits per heavy atom.